The zero-order valence-corrected chi connectivity index (χ0v) is 20.5. The van der Waals surface area contributed by atoms with E-state index in [-0.39, 0.29) is 10.0 Å². The van der Waals surface area contributed by atoms with Crippen LogP contribution in [-0.4, -0.2) is 37.4 Å². The summed E-state index contributed by atoms with van der Waals surface area (Å²) in [7, 11) is -2.25. The fraction of sp³-hybridized carbons (Fsp3) is 0.0800. The summed E-state index contributed by atoms with van der Waals surface area (Å²) in [5.41, 5.74) is 5.41. The van der Waals surface area contributed by atoms with E-state index in [1.165, 1.54) is 37.5 Å². The number of hydrogen-bond donors (Lipinski definition) is 1. The quantitative estimate of drug-likeness (QED) is 0.296. The van der Waals surface area contributed by atoms with Gasteiger partial charge in [0.25, 0.3) is 15.9 Å². The molecule has 4 aromatic rings. The van der Waals surface area contributed by atoms with Crippen LogP contribution >= 0.6 is 11.6 Å². The third-order valence-corrected chi connectivity index (χ3v) is 7.45. The zero-order chi connectivity index (χ0) is 25.0. The average molecular weight is 508 g/mol. The van der Waals surface area contributed by atoms with Gasteiger partial charge >= 0.3 is 0 Å². The highest BCUT2D eigenvalue weighted by molar-refractivity contribution is 7.92. The summed E-state index contributed by atoms with van der Waals surface area (Å²) in [6, 6.07) is 23.8. The molecule has 4 rings (SSSR count). The lowest BCUT2D eigenvalue weighted by atomic mass is 10.2. The van der Waals surface area contributed by atoms with Crippen LogP contribution in [-0.2, 0) is 10.0 Å². The van der Waals surface area contributed by atoms with E-state index in [2.05, 4.69) is 15.6 Å². The largest absolute Gasteiger partial charge is 0.271 e. The predicted molar refractivity (Wildman–Crippen MR) is 137 cm³/mol. The number of halogens is 1. The van der Waals surface area contributed by atoms with E-state index in [0.717, 1.165) is 15.7 Å². The Morgan fingerprint density at radius 3 is 2.23 bits per heavy atom. The van der Waals surface area contributed by atoms with Crippen LogP contribution in [0.1, 0.15) is 21.6 Å². The molecule has 0 atom stereocenters. The van der Waals surface area contributed by atoms with Gasteiger partial charge in [0.15, 0.2) is 5.15 Å². The Kier molecular flexibility index (Phi) is 6.99. The molecule has 35 heavy (non-hydrogen) atoms. The summed E-state index contributed by atoms with van der Waals surface area (Å²) in [5, 5.41) is 8.60. The van der Waals surface area contributed by atoms with Crippen LogP contribution in [0.15, 0.2) is 94.9 Å². The number of nitrogens with one attached hydrogen (secondary N) is 1. The zero-order valence-electron chi connectivity index (χ0n) is 19.0. The topological polar surface area (TPSA) is 96.7 Å². The van der Waals surface area contributed by atoms with Crippen molar-refractivity contribution < 1.29 is 13.2 Å². The van der Waals surface area contributed by atoms with Gasteiger partial charge in [0.1, 0.15) is 0 Å². The Balaban J connectivity index is 1.45. The SMILES string of the molecule is Cc1c(/C=N\NC(=O)c2ccc(N(C)S(=O)(=O)c3ccccc3)cc2)c(Cl)nn1-c1ccccc1. The van der Waals surface area contributed by atoms with Crippen molar-refractivity contribution in [1.82, 2.24) is 15.2 Å². The number of hydrogen-bond acceptors (Lipinski definition) is 5. The number of benzene rings is 3. The van der Waals surface area contributed by atoms with Crippen molar-refractivity contribution in [1.29, 1.82) is 0 Å². The molecule has 0 saturated carbocycles. The van der Waals surface area contributed by atoms with Gasteiger partial charge in [-0.2, -0.15) is 10.2 Å². The highest BCUT2D eigenvalue weighted by Gasteiger charge is 2.21. The number of nitrogens with zero attached hydrogens (tertiary/aromatic N) is 4. The summed E-state index contributed by atoms with van der Waals surface area (Å²) < 4.78 is 28.4. The van der Waals surface area contributed by atoms with Crippen LogP contribution in [0.25, 0.3) is 5.69 Å². The van der Waals surface area contributed by atoms with Gasteiger partial charge in [0.05, 0.1) is 33.7 Å². The number of carbonyl (C=O) groups is 1. The van der Waals surface area contributed by atoms with E-state index in [0.29, 0.717) is 16.8 Å². The van der Waals surface area contributed by atoms with Crippen molar-refractivity contribution in [3.8, 4) is 5.69 Å². The summed E-state index contributed by atoms with van der Waals surface area (Å²) in [6.45, 7) is 1.85. The minimum absolute atomic E-state index is 0.184. The number of amides is 1. The van der Waals surface area contributed by atoms with Crippen LogP contribution < -0.4 is 9.73 Å². The number of carbonyl (C=O) groups excluding carboxylic acids is 1. The standard InChI is InChI=1S/C25H22ClN5O3S/c1-18-23(24(26)29-31(18)21-9-5-3-6-10-21)17-27-28-25(32)19-13-15-20(16-14-19)30(2)35(33,34)22-11-7-4-8-12-22/h3-17H,1-2H3,(H,28,32)/b27-17-. The highest BCUT2D eigenvalue weighted by Crippen LogP contribution is 2.23. The fourth-order valence-electron chi connectivity index (χ4n) is 3.38. The first-order valence-corrected chi connectivity index (χ1v) is 12.4. The normalized spacial score (nSPS) is 11.5. The first-order valence-electron chi connectivity index (χ1n) is 10.6. The van der Waals surface area contributed by atoms with Gasteiger partial charge in [-0.05, 0) is 55.5 Å². The molecular weight excluding hydrogens is 486 g/mol. The molecule has 178 valence electrons. The number of sulfonamides is 1. The molecule has 3 aromatic carbocycles. The van der Waals surface area contributed by atoms with E-state index < -0.39 is 15.9 Å². The average Bonchev–Trinajstić information content (AvgIpc) is 3.17. The van der Waals surface area contributed by atoms with Crippen LogP contribution in [0.3, 0.4) is 0 Å². The Labute approximate surface area is 208 Å². The number of para-hydroxylation sites is 1. The molecule has 0 unspecified atom stereocenters. The van der Waals surface area contributed by atoms with E-state index in [4.69, 9.17) is 11.6 Å². The van der Waals surface area contributed by atoms with Crippen molar-refractivity contribution >= 4 is 39.4 Å². The van der Waals surface area contributed by atoms with E-state index >= 15 is 0 Å². The summed E-state index contributed by atoms with van der Waals surface area (Å²) in [6.07, 6.45) is 1.44. The Morgan fingerprint density at radius 2 is 1.60 bits per heavy atom. The molecule has 0 aliphatic heterocycles. The maximum atomic E-state index is 12.8. The lowest BCUT2D eigenvalue weighted by molar-refractivity contribution is 0.0955. The van der Waals surface area contributed by atoms with Gasteiger partial charge in [0, 0.05) is 12.6 Å². The Hall–Kier alpha value is -3.95. The van der Waals surface area contributed by atoms with Crippen molar-refractivity contribution in [2.45, 2.75) is 11.8 Å². The van der Waals surface area contributed by atoms with Gasteiger partial charge < -0.3 is 0 Å². The number of anilines is 1. The fourth-order valence-corrected chi connectivity index (χ4v) is 4.86. The van der Waals surface area contributed by atoms with Crippen molar-refractivity contribution in [2.24, 2.45) is 5.10 Å². The van der Waals surface area contributed by atoms with Crippen molar-refractivity contribution in [2.75, 3.05) is 11.4 Å². The minimum Gasteiger partial charge on any atom is -0.269 e. The summed E-state index contributed by atoms with van der Waals surface area (Å²) >= 11 is 6.27. The van der Waals surface area contributed by atoms with Crippen LogP contribution in [0.4, 0.5) is 5.69 Å². The van der Waals surface area contributed by atoms with Crippen molar-refractivity contribution in [3.05, 3.63) is 107 Å². The molecule has 0 bridgehead atoms. The molecule has 0 saturated heterocycles. The van der Waals surface area contributed by atoms with Gasteiger partial charge in [-0.25, -0.2) is 18.5 Å². The van der Waals surface area contributed by atoms with E-state index in [1.54, 1.807) is 35.0 Å². The third kappa shape index (κ3) is 5.11. The van der Waals surface area contributed by atoms with Crippen LogP contribution in [0, 0.1) is 6.92 Å². The summed E-state index contributed by atoms with van der Waals surface area (Å²) in [4.78, 5) is 12.7. The van der Waals surface area contributed by atoms with Gasteiger partial charge in [-0.15, -0.1) is 0 Å². The molecular formula is C25H22ClN5O3S. The maximum Gasteiger partial charge on any atom is 0.271 e. The molecule has 1 aromatic heterocycles. The second-order valence-electron chi connectivity index (χ2n) is 7.57. The van der Waals surface area contributed by atoms with Crippen molar-refractivity contribution in [3.63, 3.8) is 0 Å². The molecule has 0 aliphatic rings. The monoisotopic (exact) mass is 507 g/mol. The minimum atomic E-state index is -3.71. The van der Waals surface area contributed by atoms with Gasteiger partial charge in [-0.3, -0.25) is 9.10 Å². The Bertz CT molecular complexity index is 1470. The van der Waals surface area contributed by atoms with E-state index in [1.807, 2.05) is 37.3 Å². The smallest absolute Gasteiger partial charge is 0.269 e. The lowest BCUT2D eigenvalue weighted by Crippen LogP contribution is -2.26. The van der Waals surface area contributed by atoms with Gasteiger partial charge in [0.2, 0.25) is 0 Å². The predicted octanol–water partition coefficient (Wildman–Crippen LogP) is 4.42. The van der Waals surface area contributed by atoms with Crippen LogP contribution in [0.5, 0.6) is 0 Å². The first kappa shape index (κ1) is 24.2. The first-order chi connectivity index (χ1) is 16.8. The third-order valence-electron chi connectivity index (χ3n) is 5.37. The van der Waals surface area contributed by atoms with Crippen LogP contribution in [0.2, 0.25) is 5.15 Å². The molecule has 0 aliphatic carbocycles. The molecule has 1 amide bonds. The highest BCUT2D eigenvalue weighted by atomic mass is 35.5. The summed E-state index contributed by atoms with van der Waals surface area (Å²) in [5.74, 6) is -0.453. The molecule has 0 fully saturated rings. The Morgan fingerprint density at radius 1 is 1.00 bits per heavy atom. The number of rotatable bonds is 7. The number of hydrazone groups is 1. The van der Waals surface area contributed by atoms with Gasteiger partial charge in [-0.1, -0.05) is 48.0 Å². The molecule has 1 heterocycles. The molecule has 10 heteroatoms. The number of aromatic nitrogens is 2. The second-order valence-corrected chi connectivity index (χ2v) is 9.90. The van der Waals surface area contributed by atoms with E-state index in [9.17, 15) is 13.2 Å². The lowest BCUT2D eigenvalue weighted by Gasteiger charge is -2.19. The maximum absolute atomic E-state index is 12.8. The molecule has 8 nitrogen and oxygen atoms in total. The molecule has 1 N–H and O–H groups in total. The second kappa shape index (κ2) is 10.1. The molecule has 0 spiro atoms. The molecule has 0 radical (unpaired) electrons.